The van der Waals surface area contributed by atoms with Crippen molar-refractivity contribution in [2.45, 2.75) is 44.1 Å². The van der Waals surface area contributed by atoms with Gasteiger partial charge in [0.05, 0.1) is 0 Å². The van der Waals surface area contributed by atoms with Gasteiger partial charge in [-0.2, -0.15) is 0 Å². The summed E-state index contributed by atoms with van der Waals surface area (Å²) >= 11 is 0. The Bertz CT molecular complexity index is 538. The van der Waals surface area contributed by atoms with E-state index in [-0.39, 0.29) is 24.5 Å². The van der Waals surface area contributed by atoms with E-state index in [9.17, 15) is 4.79 Å². The van der Waals surface area contributed by atoms with E-state index in [1.54, 1.807) is 0 Å². The number of aryl methyl sites for hydroxylation is 1. The summed E-state index contributed by atoms with van der Waals surface area (Å²) in [6.45, 7) is 0.166. The third kappa shape index (κ3) is 3.35. The van der Waals surface area contributed by atoms with Gasteiger partial charge in [-0.15, -0.1) is 0 Å². The molecule has 21 heavy (non-hydrogen) atoms. The zero-order valence-electron chi connectivity index (χ0n) is 12.3. The number of aliphatic hydroxyl groups excluding tert-OH is 1. The lowest BCUT2D eigenvalue weighted by Crippen LogP contribution is -2.34. The molecule has 2 N–H and O–H groups in total. The molecule has 2 aliphatic carbocycles. The first-order chi connectivity index (χ1) is 10.3. The Morgan fingerprint density at radius 3 is 2.95 bits per heavy atom. The molecule has 3 nitrogen and oxygen atoms in total. The Morgan fingerprint density at radius 2 is 2.14 bits per heavy atom. The fourth-order valence-corrected chi connectivity index (χ4v) is 3.57. The summed E-state index contributed by atoms with van der Waals surface area (Å²) < 4.78 is 0. The molecule has 0 spiro atoms. The van der Waals surface area contributed by atoms with Gasteiger partial charge in [0.15, 0.2) is 0 Å². The zero-order valence-corrected chi connectivity index (χ0v) is 12.3. The standard InChI is InChI=1S/C18H23NO2/c20-12-13-8-9-16(10-13)19-18(21)11-15-6-3-5-14-4-1-2-7-17(14)15/h1-2,4,7-9,13,15-16,20H,3,5-6,10-12H2,(H,19,21)/t13-,15?,16+/m0/s1. The summed E-state index contributed by atoms with van der Waals surface area (Å²) in [7, 11) is 0. The van der Waals surface area contributed by atoms with Crippen LogP contribution in [0.15, 0.2) is 36.4 Å². The normalized spacial score (nSPS) is 27.4. The molecule has 112 valence electrons. The summed E-state index contributed by atoms with van der Waals surface area (Å²) in [5, 5.41) is 12.2. The quantitative estimate of drug-likeness (QED) is 0.835. The molecule has 1 amide bonds. The van der Waals surface area contributed by atoms with Gasteiger partial charge in [0.1, 0.15) is 0 Å². The number of nitrogens with one attached hydrogen (secondary N) is 1. The number of aliphatic hydroxyl groups is 1. The van der Waals surface area contributed by atoms with Gasteiger partial charge < -0.3 is 10.4 Å². The summed E-state index contributed by atoms with van der Waals surface area (Å²) in [5.74, 6) is 0.685. The highest BCUT2D eigenvalue weighted by molar-refractivity contribution is 5.77. The first-order valence-electron chi connectivity index (χ1n) is 7.92. The van der Waals surface area contributed by atoms with Crippen LogP contribution in [0.4, 0.5) is 0 Å². The largest absolute Gasteiger partial charge is 0.396 e. The van der Waals surface area contributed by atoms with Gasteiger partial charge in [-0.1, -0.05) is 36.4 Å². The van der Waals surface area contributed by atoms with Crippen molar-refractivity contribution in [2.24, 2.45) is 5.92 Å². The van der Waals surface area contributed by atoms with Gasteiger partial charge in [-0.3, -0.25) is 4.79 Å². The lowest BCUT2D eigenvalue weighted by atomic mass is 9.81. The number of hydrogen-bond donors (Lipinski definition) is 2. The molecule has 0 saturated carbocycles. The van der Waals surface area contributed by atoms with Crippen molar-refractivity contribution in [1.29, 1.82) is 0 Å². The zero-order chi connectivity index (χ0) is 14.7. The van der Waals surface area contributed by atoms with Gasteiger partial charge in [0, 0.05) is 25.0 Å². The second-order valence-corrected chi connectivity index (χ2v) is 6.23. The topological polar surface area (TPSA) is 49.3 Å². The number of amides is 1. The maximum absolute atomic E-state index is 12.3. The Balaban J connectivity index is 1.58. The summed E-state index contributed by atoms with van der Waals surface area (Å²) in [6, 6.07) is 8.60. The van der Waals surface area contributed by atoms with Crippen LogP contribution in [-0.4, -0.2) is 23.7 Å². The van der Waals surface area contributed by atoms with Crippen LogP contribution in [-0.2, 0) is 11.2 Å². The second kappa shape index (κ2) is 6.44. The fraction of sp³-hybridized carbons (Fsp3) is 0.500. The number of rotatable bonds is 4. The molecule has 3 heteroatoms. The van der Waals surface area contributed by atoms with Crippen molar-refractivity contribution < 1.29 is 9.90 Å². The monoisotopic (exact) mass is 285 g/mol. The smallest absolute Gasteiger partial charge is 0.221 e. The Hall–Kier alpha value is -1.61. The molecule has 3 rings (SSSR count). The minimum atomic E-state index is 0.0912. The third-order valence-electron chi connectivity index (χ3n) is 4.68. The van der Waals surface area contributed by atoms with Crippen LogP contribution in [0.1, 0.15) is 42.7 Å². The van der Waals surface area contributed by atoms with Crippen LogP contribution >= 0.6 is 0 Å². The predicted octanol–water partition coefficient (Wildman–Crippen LogP) is 2.55. The van der Waals surface area contributed by atoms with Crippen molar-refractivity contribution in [1.82, 2.24) is 5.32 Å². The van der Waals surface area contributed by atoms with Crippen LogP contribution in [0.3, 0.4) is 0 Å². The van der Waals surface area contributed by atoms with Crippen molar-refractivity contribution in [3.05, 3.63) is 47.5 Å². The molecule has 3 atom stereocenters. The number of hydrogen-bond acceptors (Lipinski definition) is 2. The van der Waals surface area contributed by atoms with Gasteiger partial charge in [-0.05, 0) is 42.7 Å². The van der Waals surface area contributed by atoms with Crippen LogP contribution in [0.2, 0.25) is 0 Å². The lowest BCUT2D eigenvalue weighted by molar-refractivity contribution is -0.122. The molecule has 1 aromatic carbocycles. The fourth-order valence-electron chi connectivity index (χ4n) is 3.57. The number of benzene rings is 1. The maximum atomic E-state index is 12.3. The van der Waals surface area contributed by atoms with E-state index in [0.29, 0.717) is 12.3 Å². The average molecular weight is 285 g/mol. The molecule has 0 bridgehead atoms. The van der Waals surface area contributed by atoms with Crippen LogP contribution in [0, 0.1) is 5.92 Å². The number of carbonyl (C=O) groups excluding carboxylic acids is 1. The first kappa shape index (κ1) is 14.3. The molecule has 0 radical (unpaired) electrons. The molecule has 2 aliphatic rings. The maximum Gasteiger partial charge on any atom is 0.221 e. The van der Waals surface area contributed by atoms with E-state index in [2.05, 4.69) is 29.6 Å². The Morgan fingerprint density at radius 1 is 1.29 bits per heavy atom. The van der Waals surface area contributed by atoms with Crippen molar-refractivity contribution in [3.63, 3.8) is 0 Å². The molecule has 0 heterocycles. The molecule has 0 saturated heterocycles. The SMILES string of the molecule is O=C(CC1CCCc2ccccc21)N[C@@H]1C=C[C@H](CO)C1. The van der Waals surface area contributed by atoms with Crippen LogP contribution < -0.4 is 5.32 Å². The lowest BCUT2D eigenvalue weighted by Gasteiger charge is -2.25. The van der Waals surface area contributed by atoms with E-state index < -0.39 is 0 Å². The summed E-state index contributed by atoms with van der Waals surface area (Å²) in [5.41, 5.74) is 2.76. The van der Waals surface area contributed by atoms with Crippen molar-refractivity contribution >= 4 is 5.91 Å². The molecular weight excluding hydrogens is 262 g/mol. The van der Waals surface area contributed by atoms with E-state index in [4.69, 9.17) is 5.11 Å². The Labute approximate surface area is 126 Å². The van der Waals surface area contributed by atoms with Crippen LogP contribution in [0.5, 0.6) is 0 Å². The summed E-state index contributed by atoms with van der Waals surface area (Å²) in [6.07, 6.45) is 8.82. The summed E-state index contributed by atoms with van der Waals surface area (Å²) in [4.78, 5) is 12.3. The average Bonchev–Trinajstić information content (AvgIpc) is 2.95. The molecule has 1 unspecified atom stereocenters. The van der Waals surface area contributed by atoms with E-state index in [1.807, 2.05) is 12.2 Å². The van der Waals surface area contributed by atoms with E-state index >= 15 is 0 Å². The van der Waals surface area contributed by atoms with Crippen molar-refractivity contribution in [2.75, 3.05) is 6.61 Å². The molecule has 0 aromatic heterocycles. The third-order valence-corrected chi connectivity index (χ3v) is 4.68. The van der Waals surface area contributed by atoms with Crippen molar-refractivity contribution in [3.8, 4) is 0 Å². The molecule has 1 aromatic rings. The highest BCUT2D eigenvalue weighted by Crippen LogP contribution is 2.33. The van der Waals surface area contributed by atoms with Gasteiger partial charge in [0.2, 0.25) is 5.91 Å². The van der Waals surface area contributed by atoms with Gasteiger partial charge in [-0.25, -0.2) is 0 Å². The van der Waals surface area contributed by atoms with Crippen LogP contribution in [0.25, 0.3) is 0 Å². The minimum absolute atomic E-state index is 0.0912. The van der Waals surface area contributed by atoms with E-state index in [1.165, 1.54) is 17.5 Å². The molecular formula is C18H23NO2. The highest BCUT2D eigenvalue weighted by atomic mass is 16.3. The highest BCUT2D eigenvalue weighted by Gasteiger charge is 2.24. The number of fused-ring (bicyclic) bond motifs is 1. The van der Waals surface area contributed by atoms with E-state index in [0.717, 1.165) is 19.3 Å². The van der Waals surface area contributed by atoms with Gasteiger partial charge >= 0.3 is 0 Å². The molecule has 0 fully saturated rings. The van der Waals surface area contributed by atoms with Gasteiger partial charge in [0.25, 0.3) is 0 Å². The number of carbonyl (C=O) groups is 1. The first-order valence-corrected chi connectivity index (χ1v) is 7.92. The second-order valence-electron chi connectivity index (χ2n) is 6.23. The molecule has 0 aliphatic heterocycles. The minimum Gasteiger partial charge on any atom is -0.396 e. The predicted molar refractivity (Wildman–Crippen MR) is 83.0 cm³/mol. The Kier molecular flexibility index (Phi) is 4.39.